The van der Waals surface area contributed by atoms with Crippen molar-refractivity contribution >= 4 is 9.57 Å². The fourth-order valence-corrected chi connectivity index (χ4v) is 2.18. The fourth-order valence-electron chi connectivity index (χ4n) is 0.786. The molecule has 0 heterocycles. The van der Waals surface area contributed by atoms with Crippen LogP contribution in [0.25, 0.3) is 0 Å². The Kier molecular flexibility index (Phi) is 2.28. The Bertz CT molecular complexity index is 362. The van der Waals surface area contributed by atoms with Crippen LogP contribution in [0.2, 0.25) is 5.82 Å². The third-order valence-electron chi connectivity index (χ3n) is 1.46. The second-order valence-electron chi connectivity index (χ2n) is 2.17. The Labute approximate surface area is 66.5 Å². The molecule has 0 aromatic heterocycles. The summed E-state index contributed by atoms with van der Waals surface area (Å²) in [5.74, 6) is 1.64. The summed E-state index contributed by atoms with van der Waals surface area (Å²) in [5, 5.41) is 0. The normalized spacial score (nSPS) is 17.0. The predicted octanol–water partition coefficient (Wildman–Crippen LogP) is 1.17. The minimum absolute atomic E-state index is 0.709. The van der Waals surface area contributed by atoms with Gasteiger partial charge in [0.05, 0.1) is 0 Å². The van der Waals surface area contributed by atoms with Crippen molar-refractivity contribution in [2.45, 2.75) is 12.2 Å². The zero-order valence-corrected chi connectivity index (χ0v) is 7.21. The van der Waals surface area contributed by atoms with E-state index in [0.29, 0.717) is 6.42 Å². The van der Waals surface area contributed by atoms with Crippen LogP contribution in [0.4, 0.5) is 0 Å². The van der Waals surface area contributed by atoms with Crippen molar-refractivity contribution in [2.24, 2.45) is 0 Å². The second-order valence-corrected chi connectivity index (χ2v) is 5.81. The Balaban J connectivity index is 3.32. The molecule has 0 bridgehead atoms. The molecule has 2 nitrogen and oxygen atoms in total. The summed E-state index contributed by atoms with van der Waals surface area (Å²) < 4.78 is 0.891. The van der Waals surface area contributed by atoms with E-state index in [2.05, 4.69) is 0 Å². The average Bonchev–Trinajstić information content (AvgIpc) is 2.55. The van der Waals surface area contributed by atoms with Crippen LogP contribution in [0.3, 0.4) is 0 Å². The van der Waals surface area contributed by atoms with Gasteiger partial charge in [-0.1, -0.05) is 0 Å². The van der Waals surface area contributed by atoms with Crippen LogP contribution in [-0.2, 0) is 21.6 Å². The number of hydrogen-bond acceptors (Lipinski definition) is 2. The maximum atomic E-state index is 10.4. The van der Waals surface area contributed by atoms with Gasteiger partial charge in [-0.15, -0.1) is 0 Å². The van der Waals surface area contributed by atoms with Crippen molar-refractivity contribution < 1.29 is 21.6 Å². The van der Waals surface area contributed by atoms with Crippen LogP contribution < -0.4 is 0 Å². The zero-order chi connectivity index (χ0) is 8.32. The quantitative estimate of drug-likeness (QED) is 0.584. The van der Waals surface area contributed by atoms with Gasteiger partial charge in [-0.25, -0.2) is 0 Å². The number of hydrogen-bond donors (Lipinski definition) is 0. The zero-order valence-electron chi connectivity index (χ0n) is 6.11. The molecule has 0 aromatic carbocycles. The summed E-state index contributed by atoms with van der Waals surface area (Å²) in [6.45, 7) is 0. The molecule has 3 heteroatoms. The number of allylic oxidation sites excluding steroid dienone is 4. The molecule has 0 N–H and O–H groups in total. The molecule has 0 saturated carbocycles. The van der Waals surface area contributed by atoms with Crippen molar-refractivity contribution in [1.82, 2.24) is 0 Å². The molecule has 0 spiro atoms. The SMILES string of the molecule is [CH3][Fe](=[C]=O)(=[C]=O)[C]1=CC=CC1. The molecule has 0 amide bonds. The molecular formula is C8H8FeO2. The van der Waals surface area contributed by atoms with E-state index < -0.39 is 12.0 Å². The third-order valence-corrected chi connectivity index (χ3v) is 4.19. The van der Waals surface area contributed by atoms with Gasteiger partial charge < -0.3 is 0 Å². The Morgan fingerprint density at radius 2 is 2.09 bits per heavy atom. The number of carbonyl (C=O) groups excluding carboxylic acids is 2. The van der Waals surface area contributed by atoms with Crippen LogP contribution in [0.5, 0.6) is 0 Å². The summed E-state index contributed by atoms with van der Waals surface area (Å²) >= 11 is -2.43. The molecule has 0 radical (unpaired) electrons. The fraction of sp³-hybridized carbons (Fsp3) is 0.250. The molecule has 0 aliphatic heterocycles. The maximum absolute atomic E-state index is 10.4. The molecule has 1 aliphatic carbocycles. The molecular weight excluding hydrogens is 184 g/mol. The first kappa shape index (κ1) is 8.26. The Morgan fingerprint density at radius 1 is 1.45 bits per heavy atom. The van der Waals surface area contributed by atoms with Crippen molar-refractivity contribution in [3.8, 4) is 0 Å². The van der Waals surface area contributed by atoms with E-state index in [1.807, 2.05) is 27.8 Å². The van der Waals surface area contributed by atoms with Crippen molar-refractivity contribution in [2.75, 3.05) is 0 Å². The van der Waals surface area contributed by atoms with Gasteiger partial charge in [0.1, 0.15) is 0 Å². The first-order valence-electron chi connectivity index (χ1n) is 3.01. The molecule has 0 saturated heterocycles. The molecule has 0 aromatic rings. The van der Waals surface area contributed by atoms with E-state index in [-0.39, 0.29) is 0 Å². The van der Waals surface area contributed by atoms with Crippen LogP contribution >= 0.6 is 0 Å². The van der Waals surface area contributed by atoms with Crippen molar-refractivity contribution in [3.63, 3.8) is 0 Å². The summed E-state index contributed by atoms with van der Waals surface area (Å²) in [4.78, 5) is 24.5. The molecule has 11 heavy (non-hydrogen) atoms. The van der Waals surface area contributed by atoms with E-state index in [9.17, 15) is 9.59 Å². The van der Waals surface area contributed by atoms with Crippen LogP contribution in [0.15, 0.2) is 22.7 Å². The minimum atomic E-state index is -2.43. The van der Waals surface area contributed by atoms with Gasteiger partial charge in [-0.3, -0.25) is 0 Å². The van der Waals surface area contributed by atoms with Gasteiger partial charge in [0.15, 0.2) is 0 Å². The summed E-state index contributed by atoms with van der Waals surface area (Å²) in [6, 6.07) is 0. The van der Waals surface area contributed by atoms with Gasteiger partial charge in [0.25, 0.3) is 0 Å². The average molecular weight is 192 g/mol. The van der Waals surface area contributed by atoms with Crippen LogP contribution in [0, 0.1) is 0 Å². The van der Waals surface area contributed by atoms with Gasteiger partial charge in [-0.2, -0.15) is 0 Å². The topological polar surface area (TPSA) is 34.1 Å². The van der Waals surface area contributed by atoms with Gasteiger partial charge in [0.2, 0.25) is 0 Å². The summed E-state index contributed by atoms with van der Waals surface area (Å²) in [5.41, 5.74) is 0. The van der Waals surface area contributed by atoms with Crippen molar-refractivity contribution in [3.05, 3.63) is 22.7 Å². The first-order chi connectivity index (χ1) is 5.23. The van der Waals surface area contributed by atoms with Crippen LogP contribution in [0.1, 0.15) is 6.42 Å². The third kappa shape index (κ3) is 1.42. The van der Waals surface area contributed by atoms with Gasteiger partial charge in [0, 0.05) is 0 Å². The van der Waals surface area contributed by atoms with E-state index in [1.54, 1.807) is 5.82 Å². The van der Waals surface area contributed by atoms with Gasteiger partial charge >= 0.3 is 66.1 Å². The van der Waals surface area contributed by atoms with E-state index in [0.717, 1.165) is 4.47 Å². The van der Waals surface area contributed by atoms with Crippen LogP contribution in [-0.4, -0.2) is 9.57 Å². The van der Waals surface area contributed by atoms with Gasteiger partial charge in [-0.05, 0) is 0 Å². The molecule has 0 unspecified atom stereocenters. The van der Waals surface area contributed by atoms with E-state index in [4.69, 9.17) is 0 Å². The van der Waals surface area contributed by atoms with Crippen molar-refractivity contribution in [1.29, 1.82) is 0 Å². The molecule has 0 fully saturated rings. The Hall–Kier alpha value is -0.841. The second kappa shape index (κ2) is 3.04. The summed E-state index contributed by atoms with van der Waals surface area (Å²) in [6.07, 6.45) is 6.30. The summed E-state index contributed by atoms with van der Waals surface area (Å²) in [7, 11) is 0. The molecule has 1 aliphatic rings. The predicted molar refractivity (Wildman–Crippen MR) is 39.1 cm³/mol. The Morgan fingerprint density at radius 3 is 2.45 bits per heavy atom. The standard InChI is InChI=1S/C5H5.2CO.CH3.Fe/c1-2-4-5-3-1;2*1-2;;/h1-3H,4H2;;;1H3;. The number of rotatable bonds is 1. The first-order valence-corrected chi connectivity index (χ1v) is 5.77. The van der Waals surface area contributed by atoms with E-state index >= 15 is 0 Å². The van der Waals surface area contributed by atoms with E-state index in [1.165, 1.54) is 0 Å². The molecule has 1 rings (SSSR count). The molecule has 0 atom stereocenters. The molecule has 60 valence electrons. The monoisotopic (exact) mass is 192 g/mol.